The van der Waals surface area contributed by atoms with E-state index in [2.05, 4.69) is 17.4 Å². The van der Waals surface area contributed by atoms with Crippen LogP contribution in [0.2, 0.25) is 6.32 Å². The maximum atomic E-state index is 11.4. The number of rotatable bonds is 12. The van der Waals surface area contributed by atoms with Gasteiger partial charge in [0.1, 0.15) is 5.54 Å². The Labute approximate surface area is 137 Å². The van der Waals surface area contributed by atoms with Crippen LogP contribution in [0.1, 0.15) is 31.2 Å². The number of benzene rings is 1. The van der Waals surface area contributed by atoms with Crippen LogP contribution in [0.3, 0.4) is 0 Å². The standard InChI is InChI=1S/C16H27BN2O4/c18-16(15(20)21,9-4-5-11-17(22)23)10-13-19-12-8-14-6-2-1-3-7-14/h1-3,6-7,19,22-23H,4-5,8-13,18H2,(H,20,21). The second-order valence-corrected chi connectivity index (χ2v) is 5.92. The van der Waals surface area contributed by atoms with Crippen molar-refractivity contribution in [3.05, 3.63) is 35.9 Å². The molecule has 128 valence electrons. The van der Waals surface area contributed by atoms with Crippen molar-refractivity contribution >= 4 is 13.1 Å². The predicted octanol–water partition coefficient (Wildman–Crippen LogP) is 0.634. The van der Waals surface area contributed by atoms with Crippen molar-refractivity contribution in [3.63, 3.8) is 0 Å². The Morgan fingerprint density at radius 2 is 1.83 bits per heavy atom. The lowest BCUT2D eigenvalue weighted by molar-refractivity contribution is -0.143. The van der Waals surface area contributed by atoms with E-state index < -0.39 is 18.6 Å². The van der Waals surface area contributed by atoms with Crippen LogP contribution >= 0.6 is 0 Å². The normalized spacial score (nSPS) is 13.5. The second kappa shape index (κ2) is 10.4. The van der Waals surface area contributed by atoms with Gasteiger partial charge in [0.2, 0.25) is 0 Å². The number of nitrogens with one attached hydrogen (secondary N) is 1. The van der Waals surface area contributed by atoms with E-state index >= 15 is 0 Å². The fourth-order valence-electron chi connectivity index (χ4n) is 2.42. The largest absolute Gasteiger partial charge is 0.480 e. The van der Waals surface area contributed by atoms with Crippen molar-refractivity contribution in [1.29, 1.82) is 0 Å². The topological polar surface area (TPSA) is 116 Å². The second-order valence-electron chi connectivity index (χ2n) is 5.92. The molecule has 1 unspecified atom stereocenters. The Morgan fingerprint density at radius 1 is 1.13 bits per heavy atom. The van der Waals surface area contributed by atoms with Gasteiger partial charge in [-0.25, -0.2) is 0 Å². The SMILES string of the molecule is NC(CCCCB(O)O)(CCNCCc1ccccc1)C(=O)O. The summed E-state index contributed by atoms with van der Waals surface area (Å²) in [5.74, 6) is -1.01. The highest BCUT2D eigenvalue weighted by molar-refractivity contribution is 6.40. The molecule has 0 saturated heterocycles. The summed E-state index contributed by atoms with van der Waals surface area (Å²) in [6.45, 7) is 1.31. The van der Waals surface area contributed by atoms with E-state index in [0.717, 1.165) is 13.0 Å². The number of unbranched alkanes of at least 4 members (excludes halogenated alkanes) is 1. The summed E-state index contributed by atoms with van der Waals surface area (Å²) >= 11 is 0. The number of aliphatic carboxylic acids is 1. The molecular weight excluding hydrogens is 295 g/mol. The van der Waals surface area contributed by atoms with Crippen LogP contribution in [-0.4, -0.2) is 46.9 Å². The minimum Gasteiger partial charge on any atom is -0.480 e. The zero-order valence-corrected chi connectivity index (χ0v) is 13.4. The van der Waals surface area contributed by atoms with Gasteiger partial charge in [-0.1, -0.05) is 43.2 Å². The van der Waals surface area contributed by atoms with Gasteiger partial charge in [0.25, 0.3) is 0 Å². The van der Waals surface area contributed by atoms with E-state index in [9.17, 15) is 9.90 Å². The Morgan fingerprint density at radius 3 is 2.43 bits per heavy atom. The van der Waals surface area contributed by atoms with E-state index in [-0.39, 0.29) is 6.32 Å². The molecule has 0 bridgehead atoms. The Hall–Kier alpha value is -1.41. The molecule has 0 amide bonds. The maximum Gasteiger partial charge on any atom is 0.451 e. The van der Waals surface area contributed by atoms with Gasteiger partial charge in [-0.05, 0) is 44.2 Å². The summed E-state index contributed by atoms with van der Waals surface area (Å²) in [7, 11) is -1.34. The van der Waals surface area contributed by atoms with E-state index in [1.54, 1.807) is 0 Å². The van der Waals surface area contributed by atoms with Crippen LogP contribution in [0, 0.1) is 0 Å². The van der Waals surface area contributed by atoms with Gasteiger partial charge in [0.05, 0.1) is 0 Å². The van der Waals surface area contributed by atoms with Crippen molar-refractivity contribution < 1.29 is 19.9 Å². The Bertz CT molecular complexity index is 459. The molecule has 0 aliphatic rings. The molecular formula is C16H27BN2O4. The first-order valence-corrected chi connectivity index (χ1v) is 8.07. The van der Waals surface area contributed by atoms with Crippen molar-refractivity contribution in [2.24, 2.45) is 5.73 Å². The number of carboxylic acids is 1. The van der Waals surface area contributed by atoms with Crippen molar-refractivity contribution in [2.75, 3.05) is 13.1 Å². The third-order valence-electron chi connectivity index (χ3n) is 3.94. The van der Waals surface area contributed by atoms with Crippen LogP contribution in [0.5, 0.6) is 0 Å². The van der Waals surface area contributed by atoms with Gasteiger partial charge >= 0.3 is 13.1 Å². The first kappa shape index (κ1) is 19.6. The number of nitrogens with two attached hydrogens (primary N) is 1. The molecule has 6 N–H and O–H groups in total. The molecule has 7 heteroatoms. The van der Waals surface area contributed by atoms with E-state index in [0.29, 0.717) is 32.2 Å². The molecule has 0 aliphatic heterocycles. The summed E-state index contributed by atoms with van der Waals surface area (Å²) < 4.78 is 0. The van der Waals surface area contributed by atoms with E-state index in [4.69, 9.17) is 15.8 Å². The van der Waals surface area contributed by atoms with E-state index in [1.165, 1.54) is 5.56 Å². The number of carbonyl (C=O) groups is 1. The highest BCUT2D eigenvalue weighted by Crippen LogP contribution is 2.17. The summed E-state index contributed by atoms with van der Waals surface area (Å²) in [6, 6.07) is 10.1. The highest BCUT2D eigenvalue weighted by Gasteiger charge is 2.32. The Kier molecular flexibility index (Phi) is 8.87. The maximum absolute atomic E-state index is 11.4. The van der Waals surface area contributed by atoms with Crippen molar-refractivity contribution in [3.8, 4) is 0 Å². The Balaban J connectivity index is 2.25. The lowest BCUT2D eigenvalue weighted by atomic mass is 9.81. The average molecular weight is 322 g/mol. The molecule has 1 rings (SSSR count). The average Bonchev–Trinajstić information content (AvgIpc) is 2.52. The highest BCUT2D eigenvalue weighted by atomic mass is 16.4. The molecule has 1 aromatic carbocycles. The minimum atomic E-state index is -1.34. The van der Waals surface area contributed by atoms with Crippen LogP contribution in [0.4, 0.5) is 0 Å². The first-order valence-electron chi connectivity index (χ1n) is 8.07. The molecule has 0 fully saturated rings. The molecule has 0 saturated carbocycles. The summed E-state index contributed by atoms with van der Waals surface area (Å²) in [5, 5.41) is 30.1. The van der Waals surface area contributed by atoms with Gasteiger partial charge < -0.3 is 26.2 Å². The fraction of sp³-hybridized carbons (Fsp3) is 0.562. The van der Waals surface area contributed by atoms with Crippen LogP contribution < -0.4 is 11.1 Å². The van der Waals surface area contributed by atoms with Crippen LogP contribution in [0.25, 0.3) is 0 Å². The summed E-state index contributed by atoms with van der Waals surface area (Å²) in [6.07, 6.45) is 2.91. The number of hydrogen-bond donors (Lipinski definition) is 5. The van der Waals surface area contributed by atoms with Gasteiger partial charge in [-0.3, -0.25) is 4.79 Å². The first-order chi connectivity index (χ1) is 10.9. The van der Waals surface area contributed by atoms with E-state index in [1.807, 2.05) is 18.2 Å². The lowest BCUT2D eigenvalue weighted by Crippen LogP contribution is -2.49. The number of carboxylic acid groups (broad SMARTS) is 1. The molecule has 0 heterocycles. The third kappa shape index (κ3) is 8.13. The number of hydrogen-bond acceptors (Lipinski definition) is 5. The van der Waals surface area contributed by atoms with Crippen molar-refractivity contribution in [2.45, 2.75) is 44.0 Å². The lowest BCUT2D eigenvalue weighted by Gasteiger charge is -2.25. The van der Waals surface area contributed by atoms with Gasteiger partial charge in [-0.2, -0.15) is 0 Å². The predicted molar refractivity (Wildman–Crippen MR) is 91.0 cm³/mol. The fourth-order valence-corrected chi connectivity index (χ4v) is 2.42. The zero-order valence-electron chi connectivity index (χ0n) is 13.4. The van der Waals surface area contributed by atoms with Crippen molar-refractivity contribution in [1.82, 2.24) is 5.32 Å². The van der Waals surface area contributed by atoms with Crippen LogP contribution in [0.15, 0.2) is 30.3 Å². The third-order valence-corrected chi connectivity index (χ3v) is 3.94. The van der Waals surface area contributed by atoms with Gasteiger partial charge in [-0.15, -0.1) is 0 Å². The molecule has 1 aromatic rings. The van der Waals surface area contributed by atoms with Crippen LogP contribution in [-0.2, 0) is 11.2 Å². The summed E-state index contributed by atoms with van der Waals surface area (Å²) in [5.41, 5.74) is 5.96. The van der Waals surface area contributed by atoms with Gasteiger partial charge in [0, 0.05) is 0 Å². The molecule has 0 aliphatic carbocycles. The quantitative estimate of drug-likeness (QED) is 0.285. The van der Waals surface area contributed by atoms with Gasteiger partial charge in [0.15, 0.2) is 0 Å². The molecule has 23 heavy (non-hydrogen) atoms. The molecule has 0 aromatic heterocycles. The zero-order chi connectivity index (χ0) is 17.1. The molecule has 0 radical (unpaired) electrons. The molecule has 1 atom stereocenters. The smallest absolute Gasteiger partial charge is 0.451 e. The summed E-state index contributed by atoms with van der Waals surface area (Å²) in [4.78, 5) is 11.4. The molecule has 0 spiro atoms. The minimum absolute atomic E-state index is 0.241. The monoisotopic (exact) mass is 322 g/mol. The molecule has 6 nitrogen and oxygen atoms in total.